The summed E-state index contributed by atoms with van der Waals surface area (Å²) < 4.78 is 15.9. The fourth-order valence-electron chi connectivity index (χ4n) is 2.26. The molecule has 2 aromatic rings. The lowest BCUT2D eigenvalue weighted by Crippen LogP contribution is -2.30. The Bertz CT molecular complexity index is 650. The van der Waals surface area contributed by atoms with Crippen LogP contribution in [0.5, 0.6) is 5.88 Å². The van der Waals surface area contributed by atoms with Crippen molar-refractivity contribution < 1.29 is 19.0 Å². The van der Waals surface area contributed by atoms with E-state index in [-0.39, 0.29) is 6.03 Å². The lowest BCUT2D eigenvalue weighted by molar-refractivity contribution is 0.135. The third-order valence-corrected chi connectivity index (χ3v) is 3.66. The monoisotopic (exact) mass is 373 g/mol. The topological polar surface area (TPSA) is 81.7 Å². The van der Waals surface area contributed by atoms with E-state index in [0.717, 1.165) is 12.8 Å². The first-order chi connectivity index (χ1) is 13.3. The molecule has 0 aliphatic heterocycles. The standard InChI is InChI=1S/C20H27N3O4/c1-25-14-15-27-19-9-8-18(16-22-19)23-20(24)21-11-5-12-26-13-10-17-6-3-2-4-7-17/h2-4,6-9,16H,5,10-15H2,1H3,(H2,21,23,24). The molecule has 0 spiro atoms. The Morgan fingerprint density at radius 1 is 1.04 bits per heavy atom. The zero-order valence-corrected chi connectivity index (χ0v) is 15.6. The van der Waals surface area contributed by atoms with Gasteiger partial charge >= 0.3 is 6.03 Å². The molecule has 7 heteroatoms. The molecule has 0 aliphatic carbocycles. The van der Waals surface area contributed by atoms with Crippen LogP contribution in [0.1, 0.15) is 12.0 Å². The molecule has 1 heterocycles. The molecule has 2 N–H and O–H groups in total. The van der Waals surface area contributed by atoms with E-state index in [1.807, 2.05) is 18.2 Å². The first-order valence-electron chi connectivity index (χ1n) is 9.02. The summed E-state index contributed by atoms with van der Waals surface area (Å²) in [7, 11) is 1.61. The van der Waals surface area contributed by atoms with Crippen LogP contribution in [0, 0.1) is 0 Å². The highest BCUT2D eigenvalue weighted by atomic mass is 16.5. The fourth-order valence-corrected chi connectivity index (χ4v) is 2.26. The number of pyridine rings is 1. The number of benzene rings is 1. The van der Waals surface area contributed by atoms with Gasteiger partial charge in [0.25, 0.3) is 0 Å². The van der Waals surface area contributed by atoms with Gasteiger partial charge in [0.15, 0.2) is 0 Å². The molecule has 0 aliphatic rings. The van der Waals surface area contributed by atoms with E-state index in [0.29, 0.717) is 44.5 Å². The van der Waals surface area contributed by atoms with Crippen LogP contribution in [0.4, 0.5) is 10.5 Å². The predicted octanol–water partition coefficient (Wildman–Crippen LogP) is 2.88. The number of nitrogens with one attached hydrogen (secondary N) is 2. The Kier molecular flexibility index (Phi) is 9.70. The summed E-state index contributed by atoms with van der Waals surface area (Å²) in [5.41, 5.74) is 1.87. The Hall–Kier alpha value is -2.64. The van der Waals surface area contributed by atoms with Crippen LogP contribution in [-0.4, -0.2) is 51.1 Å². The van der Waals surface area contributed by atoms with Crippen LogP contribution in [0.3, 0.4) is 0 Å². The summed E-state index contributed by atoms with van der Waals surface area (Å²) in [5, 5.41) is 5.52. The second-order valence-corrected chi connectivity index (χ2v) is 5.81. The summed E-state index contributed by atoms with van der Waals surface area (Å²) >= 11 is 0. The lowest BCUT2D eigenvalue weighted by atomic mass is 10.2. The maximum Gasteiger partial charge on any atom is 0.319 e. The normalized spacial score (nSPS) is 10.4. The fraction of sp³-hybridized carbons (Fsp3) is 0.400. The maximum atomic E-state index is 11.8. The van der Waals surface area contributed by atoms with E-state index in [9.17, 15) is 4.79 Å². The number of aromatic nitrogens is 1. The van der Waals surface area contributed by atoms with Crippen molar-refractivity contribution in [3.63, 3.8) is 0 Å². The predicted molar refractivity (Wildman–Crippen MR) is 104 cm³/mol. The number of nitrogens with zero attached hydrogens (tertiary/aromatic N) is 1. The van der Waals surface area contributed by atoms with Gasteiger partial charge in [-0.15, -0.1) is 0 Å². The third-order valence-electron chi connectivity index (χ3n) is 3.66. The molecule has 0 radical (unpaired) electrons. The third kappa shape index (κ3) is 9.03. The van der Waals surface area contributed by atoms with Gasteiger partial charge in [-0.05, 0) is 24.5 Å². The Balaban J connectivity index is 1.51. The quantitative estimate of drug-likeness (QED) is 0.559. The summed E-state index contributed by atoms with van der Waals surface area (Å²) in [5.74, 6) is 0.491. The number of ether oxygens (including phenoxy) is 3. The van der Waals surface area contributed by atoms with Crippen molar-refractivity contribution in [2.45, 2.75) is 12.8 Å². The van der Waals surface area contributed by atoms with Gasteiger partial charge in [0, 0.05) is 26.3 Å². The van der Waals surface area contributed by atoms with Crippen LogP contribution < -0.4 is 15.4 Å². The van der Waals surface area contributed by atoms with E-state index >= 15 is 0 Å². The van der Waals surface area contributed by atoms with Gasteiger partial charge in [-0.1, -0.05) is 30.3 Å². The molecular formula is C20H27N3O4. The summed E-state index contributed by atoms with van der Waals surface area (Å²) in [6, 6.07) is 13.4. The average Bonchev–Trinajstić information content (AvgIpc) is 2.69. The minimum atomic E-state index is -0.269. The highest BCUT2D eigenvalue weighted by Gasteiger charge is 2.02. The van der Waals surface area contributed by atoms with E-state index in [2.05, 4.69) is 27.8 Å². The number of anilines is 1. The second-order valence-electron chi connectivity index (χ2n) is 5.81. The molecular weight excluding hydrogens is 346 g/mol. The van der Waals surface area contributed by atoms with Crippen molar-refractivity contribution in [2.75, 3.05) is 45.4 Å². The van der Waals surface area contributed by atoms with Crippen molar-refractivity contribution in [1.29, 1.82) is 0 Å². The number of carbonyl (C=O) groups is 1. The Morgan fingerprint density at radius 3 is 2.63 bits per heavy atom. The number of carbonyl (C=O) groups excluding carboxylic acids is 1. The van der Waals surface area contributed by atoms with Gasteiger partial charge in [-0.3, -0.25) is 0 Å². The first kappa shape index (κ1) is 20.7. The summed E-state index contributed by atoms with van der Waals surface area (Å²) in [4.78, 5) is 16.0. The minimum absolute atomic E-state index is 0.269. The SMILES string of the molecule is COCCOc1ccc(NC(=O)NCCCOCCc2ccccc2)cn1. The molecule has 1 aromatic heterocycles. The highest BCUT2D eigenvalue weighted by Crippen LogP contribution is 2.11. The Labute approximate surface area is 160 Å². The Morgan fingerprint density at radius 2 is 1.89 bits per heavy atom. The molecule has 2 rings (SSSR count). The van der Waals surface area contributed by atoms with Crippen LogP contribution in [0.25, 0.3) is 0 Å². The average molecular weight is 373 g/mol. The van der Waals surface area contributed by atoms with Crippen molar-refractivity contribution in [2.24, 2.45) is 0 Å². The molecule has 0 atom stereocenters. The van der Waals surface area contributed by atoms with Crippen LogP contribution in [0.2, 0.25) is 0 Å². The number of amides is 2. The number of hydrogen-bond acceptors (Lipinski definition) is 5. The molecule has 0 bridgehead atoms. The molecule has 7 nitrogen and oxygen atoms in total. The van der Waals surface area contributed by atoms with E-state index in [4.69, 9.17) is 14.2 Å². The summed E-state index contributed by atoms with van der Waals surface area (Å²) in [6.45, 7) is 2.77. The number of methoxy groups -OCH3 is 1. The highest BCUT2D eigenvalue weighted by molar-refractivity contribution is 5.88. The molecule has 0 unspecified atom stereocenters. The summed E-state index contributed by atoms with van der Waals surface area (Å²) in [6.07, 6.45) is 3.20. The molecule has 1 aromatic carbocycles. The maximum absolute atomic E-state index is 11.8. The number of hydrogen-bond donors (Lipinski definition) is 2. The minimum Gasteiger partial charge on any atom is -0.475 e. The van der Waals surface area contributed by atoms with Gasteiger partial charge in [0.1, 0.15) is 6.61 Å². The van der Waals surface area contributed by atoms with Crippen LogP contribution in [-0.2, 0) is 15.9 Å². The van der Waals surface area contributed by atoms with Crippen molar-refractivity contribution in [1.82, 2.24) is 10.3 Å². The van der Waals surface area contributed by atoms with Gasteiger partial charge in [0.05, 0.1) is 25.1 Å². The zero-order valence-electron chi connectivity index (χ0n) is 15.6. The molecule has 0 saturated heterocycles. The number of rotatable bonds is 12. The van der Waals surface area contributed by atoms with Gasteiger partial charge in [-0.2, -0.15) is 0 Å². The number of urea groups is 1. The molecule has 146 valence electrons. The first-order valence-corrected chi connectivity index (χ1v) is 9.02. The van der Waals surface area contributed by atoms with Gasteiger partial charge in [-0.25, -0.2) is 9.78 Å². The largest absolute Gasteiger partial charge is 0.475 e. The van der Waals surface area contributed by atoms with Crippen molar-refractivity contribution in [3.8, 4) is 5.88 Å². The van der Waals surface area contributed by atoms with E-state index in [1.54, 1.807) is 25.4 Å². The molecule has 2 amide bonds. The second kappa shape index (κ2) is 12.7. The van der Waals surface area contributed by atoms with Crippen LogP contribution >= 0.6 is 0 Å². The van der Waals surface area contributed by atoms with Crippen molar-refractivity contribution in [3.05, 3.63) is 54.2 Å². The van der Waals surface area contributed by atoms with E-state index in [1.165, 1.54) is 5.56 Å². The molecule has 0 fully saturated rings. The smallest absolute Gasteiger partial charge is 0.319 e. The van der Waals surface area contributed by atoms with Gasteiger partial charge in [0.2, 0.25) is 5.88 Å². The molecule has 0 saturated carbocycles. The van der Waals surface area contributed by atoms with Crippen LogP contribution in [0.15, 0.2) is 48.7 Å². The lowest BCUT2D eigenvalue weighted by Gasteiger charge is -2.09. The van der Waals surface area contributed by atoms with Crippen molar-refractivity contribution >= 4 is 11.7 Å². The molecule has 27 heavy (non-hydrogen) atoms. The van der Waals surface area contributed by atoms with E-state index < -0.39 is 0 Å². The zero-order chi connectivity index (χ0) is 19.2. The van der Waals surface area contributed by atoms with Gasteiger partial charge < -0.3 is 24.8 Å².